The number of hydrogen-bond donors (Lipinski definition) is 0. The van der Waals surface area contributed by atoms with E-state index >= 15 is 0 Å². The number of hydrogen-bond acceptors (Lipinski definition) is 3. The van der Waals surface area contributed by atoms with Gasteiger partial charge < -0.3 is 9.98 Å². The van der Waals surface area contributed by atoms with Gasteiger partial charge >= 0.3 is 29.6 Å². The second kappa shape index (κ2) is 5.32. The molecule has 0 aliphatic rings. The summed E-state index contributed by atoms with van der Waals surface area (Å²) in [6, 6.07) is 4.07. The predicted octanol–water partition coefficient (Wildman–Crippen LogP) is -1.63. The topological polar surface area (TPSA) is 72.0 Å². The van der Waals surface area contributed by atoms with Crippen LogP contribution >= 0.6 is 0 Å². The number of nitrogens with zero attached hydrogens (tertiary/aromatic N) is 2. The average Bonchev–Trinajstić information content (AvgIpc) is 2.05. The van der Waals surface area contributed by atoms with Crippen LogP contribution in [-0.4, -0.2) is 8.42 Å². The molecule has 0 N–H and O–H groups in total. The zero-order valence-electron chi connectivity index (χ0n) is 7.31. The second-order valence-corrected chi connectivity index (χ2v) is 3.72. The van der Waals surface area contributed by atoms with Crippen molar-refractivity contribution in [2.75, 3.05) is 0 Å². The molecule has 1 rings (SSSR count). The molecule has 7 heteroatoms. The first kappa shape index (κ1) is 13.4. The molecule has 14 heavy (non-hydrogen) atoms. The minimum Gasteiger partial charge on any atom is -0.493 e. The average molecular weight is 222 g/mol. The molecular formula is C7H4FN2NaO2S. The minimum absolute atomic E-state index is 0. The first-order chi connectivity index (χ1) is 6.06. The van der Waals surface area contributed by atoms with Crippen molar-refractivity contribution in [2.24, 2.45) is 0 Å². The summed E-state index contributed by atoms with van der Waals surface area (Å²) in [4.78, 5) is -0.199. The van der Waals surface area contributed by atoms with E-state index in [2.05, 4.69) is 4.72 Å². The van der Waals surface area contributed by atoms with Gasteiger partial charge in [-0.15, -0.1) is 0 Å². The first-order valence-electron chi connectivity index (χ1n) is 3.18. The summed E-state index contributed by atoms with van der Waals surface area (Å²) in [5.74, 6) is -0.545. The fourth-order valence-corrected chi connectivity index (χ4v) is 1.41. The normalized spacial score (nSPS) is 9.71. The van der Waals surface area contributed by atoms with E-state index < -0.39 is 15.8 Å². The Kier molecular flexibility index (Phi) is 5.08. The van der Waals surface area contributed by atoms with Crippen LogP contribution in [-0.2, 0) is 10.0 Å². The smallest absolute Gasteiger partial charge is 0.493 e. The fourth-order valence-electron chi connectivity index (χ4n) is 0.713. The van der Waals surface area contributed by atoms with E-state index in [1.165, 1.54) is 0 Å². The largest absolute Gasteiger partial charge is 1.00 e. The molecular weight excluding hydrogens is 218 g/mol. The summed E-state index contributed by atoms with van der Waals surface area (Å²) in [5, 5.41) is 8.05. The SMILES string of the molecule is N#C[N-]S(=O)(=O)c1ccc(F)cc1.[Na+]. The summed E-state index contributed by atoms with van der Waals surface area (Å²) in [6.45, 7) is 0. The van der Waals surface area contributed by atoms with Crippen LogP contribution in [0.4, 0.5) is 4.39 Å². The second-order valence-electron chi connectivity index (χ2n) is 2.12. The molecule has 1 aromatic carbocycles. The molecule has 4 nitrogen and oxygen atoms in total. The summed E-state index contributed by atoms with van der Waals surface area (Å²) in [6.07, 6.45) is 1.16. The van der Waals surface area contributed by atoms with Crippen LogP contribution in [0.15, 0.2) is 29.2 Å². The molecule has 0 saturated heterocycles. The van der Waals surface area contributed by atoms with Crippen molar-refractivity contribution < 1.29 is 42.4 Å². The standard InChI is InChI=1S/C7H4FN2O2S.Na/c8-6-1-3-7(4-2-6)13(11,12)10-5-9;/h1-4H;/q-1;+1. The molecule has 0 amide bonds. The van der Waals surface area contributed by atoms with E-state index in [4.69, 9.17) is 5.26 Å². The molecule has 0 saturated carbocycles. The molecule has 1 aromatic rings. The Morgan fingerprint density at radius 3 is 2.21 bits per heavy atom. The van der Waals surface area contributed by atoms with Gasteiger partial charge in [0.25, 0.3) is 0 Å². The molecule has 0 fully saturated rings. The number of halogens is 1. The molecule has 0 spiro atoms. The Morgan fingerprint density at radius 2 is 1.79 bits per heavy atom. The van der Waals surface area contributed by atoms with Crippen LogP contribution in [0.25, 0.3) is 4.72 Å². The number of benzene rings is 1. The number of rotatable bonds is 2. The van der Waals surface area contributed by atoms with Gasteiger partial charge in [-0.25, -0.2) is 12.8 Å². The van der Waals surface area contributed by atoms with Gasteiger partial charge in [-0.05, 0) is 24.3 Å². The Balaban J connectivity index is 0.00000169. The molecule has 0 atom stereocenters. The summed E-state index contributed by atoms with van der Waals surface area (Å²) >= 11 is 0. The Labute approximate surface area is 103 Å². The van der Waals surface area contributed by atoms with E-state index in [0.29, 0.717) is 0 Å². The van der Waals surface area contributed by atoms with E-state index in [-0.39, 0.29) is 34.5 Å². The molecule has 0 radical (unpaired) electrons. The van der Waals surface area contributed by atoms with Gasteiger partial charge in [0.1, 0.15) is 5.82 Å². The van der Waals surface area contributed by atoms with Crippen LogP contribution in [0.5, 0.6) is 0 Å². The van der Waals surface area contributed by atoms with Crippen LogP contribution in [0.1, 0.15) is 0 Å². The monoisotopic (exact) mass is 222 g/mol. The maximum Gasteiger partial charge on any atom is 1.00 e. The first-order valence-corrected chi connectivity index (χ1v) is 4.62. The maximum absolute atomic E-state index is 12.4. The molecule has 68 valence electrons. The molecule has 0 bridgehead atoms. The van der Waals surface area contributed by atoms with E-state index in [1.54, 1.807) is 0 Å². The third kappa shape index (κ3) is 3.27. The molecule has 0 heterocycles. The summed E-state index contributed by atoms with van der Waals surface area (Å²) < 4.78 is 37.1. The summed E-state index contributed by atoms with van der Waals surface area (Å²) in [5.41, 5.74) is 0. The van der Waals surface area contributed by atoms with Gasteiger partial charge in [-0.3, -0.25) is 0 Å². The van der Waals surface area contributed by atoms with Gasteiger partial charge in [0.15, 0.2) is 0 Å². The fraction of sp³-hybridized carbons (Fsp3) is 0. The zero-order valence-corrected chi connectivity index (χ0v) is 10.1. The molecule has 0 unspecified atom stereocenters. The van der Waals surface area contributed by atoms with Gasteiger partial charge in [0, 0.05) is 0 Å². The quantitative estimate of drug-likeness (QED) is 0.445. The Morgan fingerprint density at radius 1 is 1.29 bits per heavy atom. The van der Waals surface area contributed by atoms with Crippen LogP contribution < -0.4 is 29.6 Å². The van der Waals surface area contributed by atoms with E-state index in [9.17, 15) is 12.8 Å². The van der Waals surface area contributed by atoms with Gasteiger partial charge in [-0.1, -0.05) is 6.19 Å². The van der Waals surface area contributed by atoms with Gasteiger partial charge in [0.2, 0.25) is 10.0 Å². The van der Waals surface area contributed by atoms with Crippen molar-refractivity contribution in [3.05, 3.63) is 34.8 Å². The number of nitriles is 1. The predicted molar refractivity (Wildman–Crippen MR) is 42.6 cm³/mol. The summed E-state index contributed by atoms with van der Waals surface area (Å²) in [7, 11) is -3.93. The number of sulfonamides is 1. The third-order valence-corrected chi connectivity index (χ3v) is 2.46. The van der Waals surface area contributed by atoms with Crippen LogP contribution in [0.3, 0.4) is 0 Å². The van der Waals surface area contributed by atoms with Crippen molar-refractivity contribution in [1.29, 1.82) is 5.26 Å². The van der Waals surface area contributed by atoms with Gasteiger partial charge in [0.05, 0.1) is 4.90 Å². The molecule has 0 aliphatic heterocycles. The maximum atomic E-state index is 12.4. The van der Waals surface area contributed by atoms with Crippen molar-refractivity contribution in [3.8, 4) is 6.19 Å². The minimum atomic E-state index is -3.93. The Hall–Kier alpha value is -0.610. The van der Waals surface area contributed by atoms with Crippen LogP contribution in [0.2, 0.25) is 0 Å². The van der Waals surface area contributed by atoms with Crippen molar-refractivity contribution in [3.63, 3.8) is 0 Å². The van der Waals surface area contributed by atoms with E-state index in [0.717, 1.165) is 30.5 Å². The molecule has 0 aromatic heterocycles. The van der Waals surface area contributed by atoms with Gasteiger partial charge in [-0.2, -0.15) is 0 Å². The van der Waals surface area contributed by atoms with Crippen molar-refractivity contribution in [1.82, 2.24) is 0 Å². The molecule has 0 aliphatic carbocycles. The van der Waals surface area contributed by atoms with Crippen LogP contribution in [0, 0.1) is 17.3 Å². The third-order valence-electron chi connectivity index (χ3n) is 1.27. The van der Waals surface area contributed by atoms with E-state index in [1.807, 2.05) is 0 Å². The van der Waals surface area contributed by atoms with Crippen molar-refractivity contribution >= 4 is 10.0 Å². The van der Waals surface area contributed by atoms with Crippen molar-refractivity contribution in [2.45, 2.75) is 4.90 Å². The zero-order chi connectivity index (χ0) is 9.90. The Bertz CT molecular complexity index is 438.